The smallest absolute Gasteiger partial charge is 0.317 e. The zero-order valence-electron chi connectivity index (χ0n) is 18.2. The summed E-state index contributed by atoms with van der Waals surface area (Å²) in [6.07, 6.45) is 9.71. The molecule has 7 nitrogen and oxygen atoms in total. The lowest BCUT2D eigenvalue weighted by molar-refractivity contribution is 0.135. The first-order valence-corrected chi connectivity index (χ1v) is 11.5. The van der Waals surface area contributed by atoms with E-state index >= 15 is 0 Å². The highest BCUT2D eigenvalue weighted by molar-refractivity contribution is 5.74. The minimum atomic E-state index is -0.245. The van der Waals surface area contributed by atoms with Gasteiger partial charge in [-0.05, 0) is 49.3 Å². The fraction of sp³-hybridized carbons (Fsp3) is 0.440. The van der Waals surface area contributed by atoms with Crippen LogP contribution in [0.4, 0.5) is 4.79 Å². The van der Waals surface area contributed by atoms with Crippen LogP contribution < -0.4 is 5.32 Å². The van der Waals surface area contributed by atoms with Crippen LogP contribution in [0.5, 0.6) is 0 Å². The first-order chi connectivity index (χ1) is 15.7. The molecule has 1 unspecified atom stereocenters. The number of benzene rings is 1. The van der Waals surface area contributed by atoms with Crippen LogP contribution in [-0.4, -0.2) is 45.7 Å². The molecule has 2 aromatic heterocycles. The Bertz CT molecular complexity index is 1030. The summed E-state index contributed by atoms with van der Waals surface area (Å²) in [7, 11) is 0. The van der Waals surface area contributed by atoms with Crippen molar-refractivity contribution in [3.05, 3.63) is 66.2 Å². The van der Waals surface area contributed by atoms with E-state index < -0.39 is 0 Å². The van der Waals surface area contributed by atoms with E-state index in [0.29, 0.717) is 24.9 Å². The number of amides is 2. The summed E-state index contributed by atoms with van der Waals surface area (Å²) >= 11 is 0. The third-order valence-electron chi connectivity index (χ3n) is 6.60. The molecule has 1 aliphatic heterocycles. The number of urea groups is 1. The van der Waals surface area contributed by atoms with E-state index in [0.717, 1.165) is 43.6 Å². The number of hydrogen-bond donors (Lipinski definition) is 1. The van der Waals surface area contributed by atoms with E-state index in [1.165, 1.54) is 18.4 Å². The topological polar surface area (TPSA) is 84.2 Å². The molecule has 1 aliphatic carbocycles. The number of nitrogens with one attached hydrogen (secondary N) is 1. The Balaban J connectivity index is 1.29. The van der Waals surface area contributed by atoms with E-state index in [2.05, 4.69) is 27.6 Å². The largest absolute Gasteiger partial charge is 0.338 e. The Morgan fingerprint density at radius 1 is 1.16 bits per heavy atom. The van der Waals surface area contributed by atoms with Gasteiger partial charge in [0.2, 0.25) is 0 Å². The van der Waals surface area contributed by atoms with E-state index in [1.807, 2.05) is 35.2 Å². The van der Waals surface area contributed by atoms with Crippen LogP contribution in [0.2, 0.25) is 0 Å². The molecule has 32 heavy (non-hydrogen) atoms. The van der Waals surface area contributed by atoms with Crippen molar-refractivity contribution in [1.82, 2.24) is 25.3 Å². The first kappa shape index (κ1) is 20.7. The predicted octanol–water partition coefficient (Wildman–Crippen LogP) is 4.22. The molecule has 3 aromatic rings. The second-order valence-electron chi connectivity index (χ2n) is 9.08. The Hall–Kier alpha value is -3.22. The van der Waals surface area contributed by atoms with Crippen molar-refractivity contribution in [3.8, 4) is 11.5 Å². The number of pyridine rings is 1. The summed E-state index contributed by atoms with van der Waals surface area (Å²) in [5, 5.41) is 7.51. The highest BCUT2D eigenvalue weighted by atomic mass is 16.5. The predicted molar refractivity (Wildman–Crippen MR) is 121 cm³/mol. The van der Waals surface area contributed by atoms with Crippen LogP contribution in [0.15, 0.2) is 59.4 Å². The minimum Gasteiger partial charge on any atom is -0.338 e. The van der Waals surface area contributed by atoms with Crippen molar-refractivity contribution >= 4 is 6.03 Å². The van der Waals surface area contributed by atoms with E-state index in [-0.39, 0.29) is 11.4 Å². The van der Waals surface area contributed by atoms with Crippen LogP contribution in [0.25, 0.3) is 11.5 Å². The molecule has 1 saturated carbocycles. The number of likely N-dealkylation sites (tertiary alicyclic amines) is 1. The van der Waals surface area contributed by atoms with E-state index in [9.17, 15) is 4.79 Å². The third kappa shape index (κ3) is 4.66. The molecule has 1 N–H and O–H groups in total. The molecule has 2 aliphatic rings. The van der Waals surface area contributed by atoms with Gasteiger partial charge in [0.1, 0.15) is 0 Å². The number of rotatable bonds is 7. The monoisotopic (exact) mass is 431 g/mol. The van der Waals surface area contributed by atoms with Gasteiger partial charge in [0.25, 0.3) is 5.89 Å². The zero-order valence-corrected chi connectivity index (χ0v) is 18.2. The van der Waals surface area contributed by atoms with Gasteiger partial charge >= 0.3 is 6.03 Å². The standard InChI is InChI=1S/C25H29N5O2/c31-24(27-15-9-19-5-2-1-3-6-19)30-16-4-12-25(18-30,17-20-7-8-20)23-28-22(32-29-23)21-10-13-26-14-11-21/h1-3,5-6,10-11,13-14,20H,4,7-9,12,15-18H2,(H,27,31). The molecular formula is C25H29N5O2. The zero-order chi connectivity index (χ0) is 21.8. The Labute approximate surface area is 188 Å². The van der Waals surface area contributed by atoms with Crippen LogP contribution in [-0.2, 0) is 11.8 Å². The highest BCUT2D eigenvalue weighted by Gasteiger charge is 2.45. The van der Waals surface area contributed by atoms with Gasteiger partial charge in [-0.3, -0.25) is 4.98 Å². The summed E-state index contributed by atoms with van der Waals surface area (Å²) in [4.78, 5) is 23.8. The summed E-state index contributed by atoms with van der Waals surface area (Å²) in [5.41, 5.74) is 1.85. The van der Waals surface area contributed by atoms with E-state index in [4.69, 9.17) is 9.51 Å². The SMILES string of the molecule is O=C(NCCc1ccccc1)N1CCCC(CC2CC2)(c2noc(-c3ccncc3)n2)C1. The van der Waals surface area contributed by atoms with Crippen molar-refractivity contribution in [3.63, 3.8) is 0 Å². The van der Waals surface area contributed by atoms with Gasteiger partial charge in [0, 0.05) is 37.6 Å². The highest BCUT2D eigenvalue weighted by Crippen LogP contribution is 2.45. The Morgan fingerprint density at radius 3 is 2.75 bits per heavy atom. The maximum atomic E-state index is 13.0. The molecule has 7 heteroatoms. The van der Waals surface area contributed by atoms with Crippen LogP contribution in [0, 0.1) is 5.92 Å². The maximum absolute atomic E-state index is 13.0. The molecule has 3 heterocycles. The van der Waals surface area contributed by atoms with Gasteiger partial charge < -0.3 is 14.7 Å². The second kappa shape index (κ2) is 9.10. The molecule has 1 aromatic carbocycles. The van der Waals surface area contributed by atoms with Crippen molar-refractivity contribution in [1.29, 1.82) is 0 Å². The molecule has 2 amide bonds. The summed E-state index contributed by atoms with van der Waals surface area (Å²) in [5.74, 6) is 1.94. The summed E-state index contributed by atoms with van der Waals surface area (Å²) in [6, 6.07) is 14.0. The lowest BCUT2D eigenvalue weighted by atomic mass is 9.75. The molecule has 0 radical (unpaired) electrons. The number of aromatic nitrogens is 3. The van der Waals surface area contributed by atoms with Crippen molar-refractivity contribution < 1.29 is 9.32 Å². The molecule has 0 spiro atoms. The fourth-order valence-corrected chi connectivity index (χ4v) is 4.74. The Kier molecular flexibility index (Phi) is 5.88. The molecule has 0 bridgehead atoms. The molecule has 1 atom stereocenters. The van der Waals surface area contributed by atoms with Crippen molar-refractivity contribution in [2.45, 2.75) is 43.9 Å². The molecule has 166 valence electrons. The van der Waals surface area contributed by atoms with Gasteiger partial charge in [-0.25, -0.2) is 4.79 Å². The van der Waals surface area contributed by atoms with Crippen LogP contribution in [0.3, 0.4) is 0 Å². The number of nitrogens with zero attached hydrogens (tertiary/aromatic N) is 4. The average molecular weight is 432 g/mol. The van der Waals surface area contributed by atoms with Gasteiger partial charge in [0.05, 0.1) is 5.41 Å². The Morgan fingerprint density at radius 2 is 1.97 bits per heavy atom. The summed E-state index contributed by atoms with van der Waals surface area (Å²) < 4.78 is 5.63. The van der Waals surface area contributed by atoms with Crippen LogP contribution >= 0.6 is 0 Å². The third-order valence-corrected chi connectivity index (χ3v) is 6.60. The summed E-state index contributed by atoms with van der Waals surface area (Å²) in [6.45, 7) is 2.03. The normalized spacial score (nSPS) is 20.8. The van der Waals surface area contributed by atoms with Crippen molar-refractivity contribution in [2.75, 3.05) is 19.6 Å². The first-order valence-electron chi connectivity index (χ1n) is 11.5. The quantitative estimate of drug-likeness (QED) is 0.606. The molecule has 1 saturated heterocycles. The number of carbonyl (C=O) groups is 1. The minimum absolute atomic E-state index is 0.00125. The average Bonchev–Trinajstić information content (AvgIpc) is 3.50. The van der Waals surface area contributed by atoms with Gasteiger partial charge in [-0.1, -0.05) is 48.3 Å². The number of carbonyl (C=O) groups excluding carboxylic acids is 1. The number of hydrogen-bond acceptors (Lipinski definition) is 5. The van der Waals surface area contributed by atoms with Crippen LogP contribution in [0.1, 0.15) is 43.5 Å². The molecular weight excluding hydrogens is 402 g/mol. The van der Waals surface area contributed by atoms with Gasteiger partial charge in [0.15, 0.2) is 5.82 Å². The fourth-order valence-electron chi connectivity index (χ4n) is 4.74. The van der Waals surface area contributed by atoms with Gasteiger partial charge in [-0.15, -0.1) is 0 Å². The second-order valence-corrected chi connectivity index (χ2v) is 9.08. The lowest BCUT2D eigenvalue weighted by Crippen LogP contribution is -2.52. The van der Waals surface area contributed by atoms with E-state index in [1.54, 1.807) is 12.4 Å². The molecule has 2 fully saturated rings. The molecule has 5 rings (SSSR count). The number of piperidine rings is 1. The van der Waals surface area contributed by atoms with Crippen molar-refractivity contribution in [2.24, 2.45) is 5.92 Å². The van der Waals surface area contributed by atoms with Gasteiger partial charge in [-0.2, -0.15) is 4.98 Å². The maximum Gasteiger partial charge on any atom is 0.317 e. The lowest BCUT2D eigenvalue weighted by Gasteiger charge is -2.41.